The summed E-state index contributed by atoms with van der Waals surface area (Å²) in [5, 5.41) is 0.675. The Hall–Kier alpha value is -2.90. The first-order valence-electron chi connectivity index (χ1n) is 9.96. The number of benzene rings is 2. The Morgan fingerprint density at radius 1 is 1.13 bits per heavy atom. The molecule has 0 bridgehead atoms. The molecule has 0 spiro atoms. The van der Waals surface area contributed by atoms with Gasteiger partial charge in [-0.2, -0.15) is 0 Å². The van der Waals surface area contributed by atoms with Crippen LogP contribution in [-0.4, -0.2) is 28.7 Å². The highest BCUT2D eigenvalue weighted by molar-refractivity contribution is 7.99. The number of ether oxygens (including phenoxy) is 1. The average molecular weight is 450 g/mol. The number of hydrogen-bond acceptors (Lipinski definition) is 6. The number of anilines is 1. The summed E-state index contributed by atoms with van der Waals surface area (Å²) >= 11 is 3.19. The predicted octanol–water partition coefficient (Wildman–Crippen LogP) is 5.72. The third-order valence-electron chi connectivity index (χ3n) is 4.79. The van der Waals surface area contributed by atoms with E-state index in [1.54, 1.807) is 36.2 Å². The van der Waals surface area contributed by atoms with E-state index in [9.17, 15) is 4.79 Å². The Morgan fingerprint density at radius 3 is 2.71 bits per heavy atom. The van der Waals surface area contributed by atoms with Crippen molar-refractivity contribution in [2.75, 3.05) is 17.8 Å². The monoisotopic (exact) mass is 449 g/mol. The Bertz CT molecular complexity index is 1160. The number of nitrogens with zero attached hydrogens (tertiary/aromatic N) is 3. The van der Waals surface area contributed by atoms with E-state index >= 15 is 0 Å². The number of thiazole rings is 1. The lowest BCUT2D eigenvalue weighted by molar-refractivity contribution is -0.118. The SMILES string of the molecule is COc1cccc2sc(N(Cc3cccnc3)C(=O)CCSc3ccc(C)cc3)nc12. The minimum absolute atomic E-state index is 0.0430. The van der Waals surface area contributed by atoms with Crippen LogP contribution in [0.25, 0.3) is 10.2 Å². The zero-order chi connectivity index (χ0) is 21.6. The molecule has 0 aliphatic rings. The van der Waals surface area contributed by atoms with E-state index in [2.05, 4.69) is 36.2 Å². The molecule has 0 fully saturated rings. The largest absolute Gasteiger partial charge is 0.494 e. The van der Waals surface area contributed by atoms with Crippen molar-refractivity contribution in [1.29, 1.82) is 0 Å². The minimum Gasteiger partial charge on any atom is -0.494 e. The van der Waals surface area contributed by atoms with Crippen LogP contribution in [0.3, 0.4) is 0 Å². The summed E-state index contributed by atoms with van der Waals surface area (Å²) in [6.07, 6.45) is 3.94. The molecule has 0 unspecified atom stereocenters. The van der Waals surface area contributed by atoms with Crippen molar-refractivity contribution in [2.24, 2.45) is 0 Å². The molecule has 0 N–H and O–H groups in total. The van der Waals surface area contributed by atoms with Crippen molar-refractivity contribution in [3.8, 4) is 5.75 Å². The molecule has 2 aromatic carbocycles. The van der Waals surface area contributed by atoms with Crippen LogP contribution in [0, 0.1) is 6.92 Å². The van der Waals surface area contributed by atoms with Gasteiger partial charge in [-0.05, 0) is 42.8 Å². The summed E-state index contributed by atoms with van der Waals surface area (Å²) in [5.74, 6) is 1.46. The Labute approximate surface area is 190 Å². The maximum Gasteiger partial charge on any atom is 0.229 e. The molecule has 0 radical (unpaired) electrons. The molecule has 0 atom stereocenters. The van der Waals surface area contributed by atoms with Crippen molar-refractivity contribution in [3.05, 3.63) is 78.1 Å². The minimum atomic E-state index is 0.0430. The highest BCUT2D eigenvalue weighted by Gasteiger charge is 2.21. The van der Waals surface area contributed by atoms with E-state index in [1.165, 1.54) is 21.8 Å². The molecular weight excluding hydrogens is 426 g/mol. The number of amides is 1. The molecule has 2 aromatic heterocycles. The number of carbonyl (C=O) groups excluding carboxylic acids is 1. The summed E-state index contributed by atoms with van der Waals surface area (Å²) in [6, 6.07) is 18.1. The molecule has 0 saturated heterocycles. The van der Waals surface area contributed by atoms with Gasteiger partial charge in [0.1, 0.15) is 11.3 Å². The number of thioether (sulfide) groups is 1. The normalized spacial score (nSPS) is 10.9. The Morgan fingerprint density at radius 2 is 1.97 bits per heavy atom. The highest BCUT2D eigenvalue weighted by atomic mass is 32.2. The lowest BCUT2D eigenvalue weighted by Crippen LogP contribution is -2.30. The molecule has 1 amide bonds. The summed E-state index contributed by atoms with van der Waals surface area (Å²) in [6.45, 7) is 2.51. The molecule has 31 heavy (non-hydrogen) atoms. The van der Waals surface area contributed by atoms with E-state index in [1.807, 2.05) is 30.3 Å². The molecule has 158 valence electrons. The van der Waals surface area contributed by atoms with Crippen LogP contribution in [0.15, 0.2) is 71.9 Å². The first-order valence-corrected chi connectivity index (χ1v) is 11.8. The smallest absolute Gasteiger partial charge is 0.229 e. The van der Waals surface area contributed by atoms with Gasteiger partial charge in [0.15, 0.2) is 5.13 Å². The molecule has 0 aliphatic carbocycles. The fourth-order valence-corrected chi connectivity index (χ4v) is 4.99. The third-order valence-corrected chi connectivity index (χ3v) is 6.85. The summed E-state index contributed by atoms with van der Waals surface area (Å²) in [5.41, 5.74) is 2.98. The van der Waals surface area contributed by atoms with Crippen LogP contribution >= 0.6 is 23.1 Å². The van der Waals surface area contributed by atoms with Gasteiger partial charge in [0, 0.05) is 29.5 Å². The van der Waals surface area contributed by atoms with E-state index in [-0.39, 0.29) is 5.91 Å². The zero-order valence-electron chi connectivity index (χ0n) is 17.4. The molecule has 7 heteroatoms. The van der Waals surface area contributed by atoms with Gasteiger partial charge < -0.3 is 4.74 Å². The summed E-state index contributed by atoms with van der Waals surface area (Å²) in [7, 11) is 1.63. The number of pyridine rings is 1. The fourth-order valence-electron chi connectivity index (χ4n) is 3.15. The second-order valence-corrected chi connectivity index (χ2v) is 9.23. The van der Waals surface area contributed by atoms with Gasteiger partial charge in [0.25, 0.3) is 0 Å². The molecule has 0 aliphatic heterocycles. The first-order chi connectivity index (χ1) is 15.1. The van der Waals surface area contributed by atoms with Gasteiger partial charge in [0.2, 0.25) is 5.91 Å². The van der Waals surface area contributed by atoms with E-state index in [0.29, 0.717) is 29.6 Å². The standard InChI is InChI=1S/C24H23N3O2S2/c1-17-8-10-19(11-9-17)30-14-12-22(28)27(16-18-5-4-13-25-15-18)24-26-23-20(29-2)6-3-7-21(23)31-24/h3-11,13,15H,12,14,16H2,1-2H3. The lowest BCUT2D eigenvalue weighted by Gasteiger charge is -2.20. The van der Waals surface area contributed by atoms with Crippen molar-refractivity contribution in [3.63, 3.8) is 0 Å². The van der Waals surface area contributed by atoms with Crippen molar-refractivity contribution >= 4 is 44.4 Å². The Balaban J connectivity index is 1.55. The summed E-state index contributed by atoms with van der Waals surface area (Å²) < 4.78 is 6.44. The van der Waals surface area contributed by atoms with Gasteiger partial charge in [0.05, 0.1) is 18.4 Å². The number of carbonyl (C=O) groups is 1. The van der Waals surface area contributed by atoms with Gasteiger partial charge in [-0.25, -0.2) is 4.98 Å². The second kappa shape index (κ2) is 9.94. The number of methoxy groups -OCH3 is 1. The number of rotatable bonds is 8. The van der Waals surface area contributed by atoms with Crippen LogP contribution in [0.4, 0.5) is 5.13 Å². The number of aryl methyl sites for hydroxylation is 1. The third kappa shape index (κ3) is 5.24. The fraction of sp³-hybridized carbons (Fsp3) is 0.208. The predicted molar refractivity (Wildman–Crippen MR) is 128 cm³/mol. The molecule has 0 saturated carbocycles. The van der Waals surface area contributed by atoms with Crippen molar-refractivity contribution < 1.29 is 9.53 Å². The maximum absolute atomic E-state index is 13.3. The molecular formula is C24H23N3O2S2. The van der Waals surface area contributed by atoms with E-state index < -0.39 is 0 Å². The van der Waals surface area contributed by atoms with Crippen LogP contribution in [0.5, 0.6) is 5.75 Å². The summed E-state index contributed by atoms with van der Waals surface area (Å²) in [4.78, 5) is 25.1. The van der Waals surface area contributed by atoms with Crippen molar-refractivity contribution in [1.82, 2.24) is 9.97 Å². The zero-order valence-corrected chi connectivity index (χ0v) is 19.1. The number of hydrogen-bond donors (Lipinski definition) is 0. The molecule has 5 nitrogen and oxygen atoms in total. The van der Waals surface area contributed by atoms with Crippen molar-refractivity contribution in [2.45, 2.75) is 24.8 Å². The number of aromatic nitrogens is 2. The van der Waals surface area contributed by atoms with Crippen LogP contribution in [-0.2, 0) is 11.3 Å². The lowest BCUT2D eigenvalue weighted by atomic mass is 10.2. The van der Waals surface area contributed by atoms with E-state index in [0.717, 1.165) is 15.8 Å². The van der Waals surface area contributed by atoms with Crippen LogP contribution < -0.4 is 9.64 Å². The molecule has 4 rings (SSSR count). The highest BCUT2D eigenvalue weighted by Crippen LogP contribution is 2.35. The topological polar surface area (TPSA) is 55.3 Å². The molecule has 2 heterocycles. The average Bonchev–Trinajstić information content (AvgIpc) is 3.23. The van der Waals surface area contributed by atoms with Crippen LogP contribution in [0.1, 0.15) is 17.5 Å². The quantitative estimate of drug-likeness (QED) is 0.322. The van der Waals surface area contributed by atoms with E-state index in [4.69, 9.17) is 9.72 Å². The molecule has 4 aromatic rings. The van der Waals surface area contributed by atoms with Gasteiger partial charge in [-0.1, -0.05) is 41.2 Å². The van der Waals surface area contributed by atoms with Crippen LogP contribution in [0.2, 0.25) is 0 Å². The van der Waals surface area contributed by atoms with Gasteiger partial charge in [-0.3, -0.25) is 14.7 Å². The number of para-hydroxylation sites is 1. The van der Waals surface area contributed by atoms with Gasteiger partial charge >= 0.3 is 0 Å². The Kier molecular flexibility index (Phi) is 6.84. The number of fused-ring (bicyclic) bond motifs is 1. The second-order valence-electron chi connectivity index (χ2n) is 7.06. The first kappa shape index (κ1) is 21.3. The maximum atomic E-state index is 13.3. The van der Waals surface area contributed by atoms with Gasteiger partial charge in [-0.15, -0.1) is 11.8 Å².